The van der Waals surface area contributed by atoms with Gasteiger partial charge in [-0.15, -0.1) is 0 Å². The molecule has 0 unspecified atom stereocenters. The molecule has 1 saturated heterocycles. The molecule has 188 valence electrons. The van der Waals surface area contributed by atoms with Crippen LogP contribution in [0.5, 0.6) is 0 Å². The summed E-state index contributed by atoms with van der Waals surface area (Å²) >= 11 is 0. The van der Waals surface area contributed by atoms with Crippen molar-refractivity contribution in [2.75, 3.05) is 18.0 Å². The minimum absolute atomic E-state index is 0.0279. The number of rotatable bonds is 2. The highest BCUT2D eigenvalue weighted by Gasteiger charge is 2.64. The van der Waals surface area contributed by atoms with E-state index in [2.05, 4.69) is 0 Å². The van der Waals surface area contributed by atoms with Gasteiger partial charge in [0, 0.05) is 44.5 Å². The van der Waals surface area contributed by atoms with Crippen molar-refractivity contribution in [3.63, 3.8) is 0 Å². The average molecular weight is 486 g/mol. The molecule has 0 N–H and O–H groups in total. The Labute approximate surface area is 213 Å². The summed E-state index contributed by atoms with van der Waals surface area (Å²) < 4.78 is 0. The number of ketones is 4. The monoisotopic (exact) mass is 485 g/mol. The van der Waals surface area contributed by atoms with Crippen molar-refractivity contribution in [2.24, 2.45) is 21.7 Å². The number of anilines is 1. The Morgan fingerprint density at radius 2 is 0.944 bits per heavy atom. The number of hydrogen-bond donors (Lipinski definition) is 0. The molecule has 0 radical (unpaired) electrons. The number of carbonyl (C=O) groups excluding carboxylic acids is 4. The highest BCUT2D eigenvalue weighted by molar-refractivity contribution is 6.15. The molecule has 36 heavy (non-hydrogen) atoms. The van der Waals surface area contributed by atoms with E-state index in [-0.39, 0.29) is 68.3 Å². The maximum atomic E-state index is 13.7. The van der Waals surface area contributed by atoms with Crippen LogP contribution in [-0.2, 0) is 19.2 Å². The van der Waals surface area contributed by atoms with E-state index in [9.17, 15) is 19.2 Å². The predicted octanol–water partition coefficient (Wildman–Crippen LogP) is 5.45. The minimum atomic E-state index is -1.32. The van der Waals surface area contributed by atoms with Crippen molar-refractivity contribution in [3.05, 3.63) is 54.6 Å². The molecule has 3 aliphatic rings. The third kappa shape index (κ3) is 4.03. The molecule has 2 aromatic carbocycles. The van der Waals surface area contributed by atoms with Crippen LogP contribution in [0.1, 0.15) is 59.8 Å². The average Bonchev–Trinajstić information content (AvgIpc) is 2.81. The van der Waals surface area contributed by atoms with E-state index in [0.29, 0.717) is 0 Å². The summed E-state index contributed by atoms with van der Waals surface area (Å²) in [7, 11) is 0. The van der Waals surface area contributed by atoms with Gasteiger partial charge in [0.15, 0.2) is 0 Å². The van der Waals surface area contributed by atoms with Gasteiger partial charge in [-0.05, 0) is 40.5 Å². The zero-order chi connectivity index (χ0) is 25.9. The second-order valence-electron chi connectivity index (χ2n) is 12.8. The van der Waals surface area contributed by atoms with Crippen LogP contribution in [0, 0.1) is 21.7 Å². The molecular formula is C31H35NO4. The number of carbonyl (C=O) groups is 4. The fourth-order valence-corrected chi connectivity index (χ4v) is 6.61. The van der Waals surface area contributed by atoms with E-state index in [0.717, 1.165) is 16.8 Å². The first-order valence-electron chi connectivity index (χ1n) is 12.9. The molecule has 0 atom stereocenters. The van der Waals surface area contributed by atoms with Gasteiger partial charge in [0.1, 0.15) is 34.0 Å². The van der Waals surface area contributed by atoms with Gasteiger partial charge >= 0.3 is 0 Å². The van der Waals surface area contributed by atoms with E-state index in [1.165, 1.54) is 0 Å². The summed E-state index contributed by atoms with van der Waals surface area (Å²) in [5.41, 5.74) is -0.487. The summed E-state index contributed by atoms with van der Waals surface area (Å²) in [6.45, 7) is 8.19. The van der Waals surface area contributed by atoms with Crippen molar-refractivity contribution in [1.82, 2.24) is 0 Å². The lowest BCUT2D eigenvalue weighted by atomic mass is 9.51. The van der Waals surface area contributed by atoms with Crippen molar-refractivity contribution in [3.8, 4) is 11.1 Å². The van der Waals surface area contributed by atoms with E-state index < -0.39 is 21.7 Å². The molecule has 5 heteroatoms. The normalized spacial score (nSPS) is 24.4. The standard InChI is InChI=1S/C31H35NO4/c1-28(2)14-24(33)30(25(34)15-28)18-31(26(35)16-29(3,4)17-27(31)36)20-32(19-30)23-12-10-22(11-13-23)21-8-6-5-7-9-21/h5-13H,14-20H2,1-4H3. The third-order valence-corrected chi connectivity index (χ3v) is 8.56. The van der Waals surface area contributed by atoms with Gasteiger partial charge in [-0.3, -0.25) is 19.2 Å². The highest BCUT2D eigenvalue weighted by atomic mass is 16.2. The Morgan fingerprint density at radius 3 is 1.36 bits per heavy atom. The molecule has 0 aromatic heterocycles. The summed E-state index contributed by atoms with van der Waals surface area (Å²) in [5.74, 6) is -0.503. The predicted molar refractivity (Wildman–Crippen MR) is 140 cm³/mol. The van der Waals surface area contributed by atoms with Crippen LogP contribution < -0.4 is 4.90 Å². The lowest BCUT2D eigenvalue weighted by Crippen LogP contribution is -2.66. The maximum absolute atomic E-state index is 13.7. The molecule has 5 nitrogen and oxygen atoms in total. The molecule has 2 saturated carbocycles. The summed E-state index contributed by atoms with van der Waals surface area (Å²) in [6.07, 6.45) is 1.15. The van der Waals surface area contributed by atoms with E-state index in [4.69, 9.17) is 0 Å². The zero-order valence-corrected chi connectivity index (χ0v) is 21.7. The first-order chi connectivity index (χ1) is 16.9. The highest BCUT2D eigenvalue weighted by Crippen LogP contribution is 2.54. The van der Waals surface area contributed by atoms with E-state index >= 15 is 0 Å². The van der Waals surface area contributed by atoms with Gasteiger partial charge in [-0.2, -0.15) is 0 Å². The lowest BCUT2D eigenvalue weighted by Gasteiger charge is -2.54. The number of piperidine rings is 1. The molecule has 3 fully saturated rings. The fraction of sp³-hybridized carbons (Fsp3) is 0.484. The summed E-state index contributed by atoms with van der Waals surface area (Å²) in [6, 6.07) is 18.0. The van der Waals surface area contributed by atoms with Gasteiger partial charge in [-0.25, -0.2) is 0 Å². The van der Waals surface area contributed by atoms with Crippen LogP contribution in [0.15, 0.2) is 54.6 Å². The van der Waals surface area contributed by atoms with Crippen LogP contribution >= 0.6 is 0 Å². The minimum Gasteiger partial charge on any atom is -0.369 e. The molecule has 1 heterocycles. The van der Waals surface area contributed by atoms with Gasteiger partial charge < -0.3 is 4.90 Å². The lowest BCUT2D eigenvalue weighted by molar-refractivity contribution is -0.159. The first-order valence-corrected chi connectivity index (χ1v) is 12.9. The van der Waals surface area contributed by atoms with Crippen molar-refractivity contribution in [1.29, 1.82) is 0 Å². The summed E-state index contributed by atoms with van der Waals surface area (Å²) in [5, 5.41) is 0. The SMILES string of the molecule is CC1(C)CC(=O)C2(CN(c3ccc(-c4ccccc4)cc3)CC3(C2)C(=O)CC(C)(C)CC3=O)C(=O)C1. The van der Waals surface area contributed by atoms with E-state index in [1.807, 2.05) is 87.2 Å². The van der Waals surface area contributed by atoms with Gasteiger partial charge in [0.05, 0.1) is 0 Å². The Hall–Kier alpha value is -3.08. The van der Waals surface area contributed by atoms with Crippen molar-refractivity contribution in [2.45, 2.75) is 59.8 Å². The summed E-state index contributed by atoms with van der Waals surface area (Å²) in [4.78, 5) is 56.8. The largest absolute Gasteiger partial charge is 0.369 e. The number of benzene rings is 2. The Kier molecular flexibility index (Phi) is 5.62. The van der Waals surface area contributed by atoms with Gasteiger partial charge in [0.25, 0.3) is 0 Å². The van der Waals surface area contributed by atoms with Gasteiger partial charge in [-0.1, -0.05) is 70.2 Å². The Bertz CT molecular complexity index is 1140. The Morgan fingerprint density at radius 1 is 0.556 bits per heavy atom. The molecule has 2 spiro atoms. The topological polar surface area (TPSA) is 71.5 Å². The van der Waals surface area contributed by atoms with Crippen LogP contribution in [0.2, 0.25) is 0 Å². The third-order valence-electron chi connectivity index (χ3n) is 8.56. The quantitative estimate of drug-likeness (QED) is 0.529. The van der Waals surface area contributed by atoms with Gasteiger partial charge in [0.2, 0.25) is 0 Å². The van der Waals surface area contributed by atoms with Crippen molar-refractivity contribution < 1.29 is 19.2 Å². The van der Waals surface area contributed by atoms with Crippen LogP contribution in [0.3, 0.4) is 0 Å². The molecule has 2 aromatic rings. The van der Waals surface area contributed by atoms with Crippen molar-refractivity contribution >= 4 is 28.8 Å². The fourth-order valence-electron chi connectivity index (χ4n) is 6.61. The van der Waals surface area contributed by atoms with Crippen LogP contribution in [-0.4, -0.2) is 36.2 Å². The number of hydrogen-bond acceptors (Lipinski definition) is 5. The maximum Gasteiger partial charge on any atom is 0.148 e. The number of Topliss-reactive ketones (excluding diaryl/α,β-unsaturated/α-hetero) is 4. The molecule has 5 rings (SSSR count). The molecule has 0 amide bonds. The molecule has 0 bridgehead atoms. The molecule has 2 aliphatic carbocycles. The first kappa shape index (κ1) is 24.6. The van der Waals surface area contributed by atoms with E-state index in [1.54, 1.807) is 0 Å². The second kappa shape index (κ2) is 8.22. The van der Waals surface area contributed by atoms with Crippen LogP contribution in [0.4, 0.5) is 5.69 Å². The number of nitrogens with zero attached hydrogens (tertiary/aromatic N) is 1. The Balaban J connectivity index is 1.57. The second-order valence-corrected chi connectivity index (χ2v) is 12.8. The smallest absolute Gasteiger partial charge is 0.148 e. The molecule has 1 aliphatic heterocycles. The zero-order valence-electron chi connectivity index (χ0n) is 21.7. The molecular weight excluding hydrogens is 450 g/mol. The van der Waals surface area contributed by atoms with Crippen LogP contribution in [0.25, 0.3) is 11.1 Å².